The van der Waals surface area contributed by atoms with Gasteiger partial charge in [-0.1, -0.05) is 31.4 Å². The second kappa shape index (κ2) is 6.95. The summed E-state index contributed by atoms with van der Waals surface area (Å²) in [6.45, 7) is 5.60. The summed E-state index contributed by atoms with van der Waals surface area (Å²) in [5, 5.41) is 3.29. The Morgan fingerprint density at radius 3 is 2.32 bits per heavy atom. The smallest absolute Gasteiger partial charge is 0.0368 e. The Labute approximate surface area is 118 Å². The molecule has 0 aliphatic heterocycles. The zero-order valence-corrected chi connectivity index (χ0v) is 12.7. The molecule has 2 nitrogen and oxygen atoms in total. The fraction of sp³-hybridized carbons (Fsp3) is 0.647. The highest BCUT2D eigenvalue weighted by Gasteiger charge is 2.20. The van der Waals surface area contributed by atoms with Crippen molar-refractivity contribution >= 4 is 5.69 Å². The molecule has 1 saturated carbocycles. The minimum absolute atomic E-state index is 0.429. The lowest BCUT2D eigenvalue weighted by molar-refractivity contribution is 0.418. The maximum absolute atomic E-state index is 3.29. The summed E-state index contributed by atoms with van der Waals surface area (Å²) in [4.78, 5) is 2.59. The molecule has 2 heteroatoms. The molecule has 19 heavy (non-hydrogen) atoms. The average Bonchev–Trinajstić information content (AvgIpc) is 2.49. The van der Waals surface area contributed by atoms with Crippen LogP contribution in [0, 0.1) is 0 Å². The molecule has 1 aromatic rings. The van der Waals surface area contributed by atoms with E-state index < -0.39 is 0 Å². The van der Waals surface area contributed by atoms with Gasteiger partial charge in [-0.15, -0.1) is 0 Å². The van der Waals surface area contributed by atoms with E-state index in [4.69, 9.17) is 0 Å². The number of rotatable bonds is 5. The van der Waals surface area contributed by atoms with Crippen LogP contribution >= 0.6 is 0 Å². The van der Waals surface area contributed by atoms with Gasteiger partial charge in [0.15, 0.2) is 0 Å². The number of benzene rings is 1. The second-order valence-corrected chi connectivity index (χ2v) is 5.68. The summed E-state index contributed by atoms with van der Waals surface area (Å²) in [5.74, 6) is 0. The van der Waals surface area contributed by atoms with Crippen molar-refractivity contribution in [3.63, 3.8) is 0 Å². The quantitative estimate of drug-likeness (QED) is 0.856. The van der Waals surface area contributed by atoms with Crippen molar-refractivity contribution in [3.8, 4) is 0 Å². The van der Waals surface area contributed by atoms with Gasteiger partial charge in [0.05, 0.1) is 0 Å². The number of anilines is 1. The highest BCUT2D eigenvalue weighted by molar-refractivity contribution is 5.49. The third kappa shape index (κ3) is 3.50. The molecule has 0 aromatic heterocycles. The Bertz CT molecular complexity index is 365. The maximum Gasteiger partial charge on any atom is 0.0368 e. The molecular formula is C17H28N2. The van der Waals surface area contributed by atoms with Crippen LogP contribution in [0.3, 0.4) is 0 Å². The zero-order valence-electron chi connectivity index (χ0n) is 12.7. The molecule has 0 radical (unpaired) electrons. The van der Waals surface area contributed by atoms with Crippen LogP contribution in [0.1, 0.15) is 57.6 Å². The van der Waals surface area contributed by atoms with E-state index in [1.807, 2.05) is 7.05 Å². The lowest BCUT2D eigenvalue weighted by atomic mass is 9.93. The lowest BCUT2D eigenvalue weighted by Gasteiger charge is -2.35. The van der Waals surface area contributed by atoms with Gasteiger partial charge in [0, 0.05) is 24.3 Å². The first kappa shape index (κ1) is 14.4. The van der Waals surface area contributed by atoms with E-state index in [-0.39, 0.29) is 0 Å². The molecular weight excluding hydrogens is 232 g/mol. The van der Waals surface area contributed by atoms with E-state index in [0.29, 0.717) is 6.04 Å². The van der Waals surface area contributed by atoms with Crippen molar-refractivity contribution in [1.29, 1.82) is 0 Å². The Kier molecular flexibility index (Phi) is 5.26. The Hall–Kier alpha value is -1.02. The number of nitrogens with zero attached hydrogens (tertiary/aromatic N) is 1. The number of hydrogen-bond acceptors (Lipinski definition) is 2. The van der Waals surface area contributed by atoms with Gasteiger partial charge < -0.3 is 10.2 Å². The largest absolute Gasteiger partial charge is 0.369 e. The molecule has 1 aliphatic carbocycles. The minimum Gasteiger partial charge on any atom is -0.369 e. The predicted octanol–water partition coefficient (Wildman–Crippen LogP) is 4.13. The third-order valence-corrected chi connectivity index (χ3v) is 4.51. The maximum atomic E-state index is 3.29. The summed E-state index contributed by atoms with van der Waals surface area (Å²) >= 11 is 0. The molecule has 0 saturated heterocycles. The average molecular weight is 260 g/mol. The summed E-state index contributed by atoms with van der Waals surface area (Å²) in [7, 11) is 2.01. The SMILES string of the molecule is CCN(c1ccc(C(C)NC)cc1)C1CCCCC1. The van der Waals surface area contributed by atoms with Crippen molar-refractivity contribution in [1.82, 2.24) is 5.32 Å². The molecule has 1 unspecified atom stereocenters. The number of nitrogens with one attached hydrogen (secondary N) is 1. The first-order valence-corrected chi connectivity index (χ1v) is 7.80. The highest BCUT2D eigenvalue weighted by atomic mass is 15.2. The summed E-state index contributed by atoms with van der Waals surface area (Å²) < 4.78 is 0. The normalized spacial score (nSPS) is 18.3. The highest BCUT2D eigenvalue weighted by Crippen LogP contribution is 2.28. The molecule has 0 heterocycles. The first-order valence-electron chi connectivity index (χ1n) is 7.80. The zero-order chi connectivity index (χ0) is 13.7. The molecule has 1 aliphatic rings. The first-order chi connectivity index (χ1) is 9.26. The van der Waals surface area contributed by atoms with Crippen LogP contribution in [0.25, 0.3) is 0 Å². The molecule has 1 aromatic carbocycles. The molecule has 0 spiro atoms. The minimum atomic E-state index is 0.429. The van der Waals surface area contributed by atoms with Gasteiger partial charge >= 0.3 is 0 Å². The van der Waals surface area contributed by atoms with Gasteiger partial charge in [0.1, 0.15) is 0 Å². The van der Waals surface area contributed by atoms with E-state index in [0.717, 1.165) is 12.6 Å². The molecule has 0 amide bonds. The van der Waals surface area contributed by atoms with Crippen LogP contribution < -0.4 is 10.2 Å². The van der Waals surface area contributed by atoms with Crippen molar-refractivity contribution in [2.75, 3.05) is 18.5 Å². The van der Waals surface area contributed by atoms with E-state index in [2.05, 4.69) is 48.3 Å². The van der Waals surface area contributed by atoms with E-state index in [1.54, 1.807) is 0 Å². The van der Waals surface area contributed by atoms with Crippen molar-refractivity contribution in [3.05, 3.63) is 29.8 Å². The van der Waals surface area contributed by atoms with Crippen molar-refractivity contribution in [2.45, 2.75) is 58.0 Å². The summed E-state index contributed by atoms with van der Waals surface area (Å²) in [6, 6.07) is 10.3. The Morgan fingerprint density at radius 1 is 1.16 bits per heavy atom. The van der Waals surface area contributed by atoms with Crippen LogP contribution in [-0.4, -0.2) is 19.6 Å². The van der Waals surface area contributed by atoms with Crippen LogP contribution in [-0.2, 0) is 0 Å². The van der Waals surface area contributed by atoms with Gasteiger partial charge in [-0.25, -0.2) is 0 Å². The molecule has 0 bridgehead atoms. The Balaban J connectivity index is 2.09. The van der Waals surface area contributed by atoms with Crippen LogP contribution in [0.2, 0.25) is 0 Å². The van der Waals surface area contributed by atoms with Gasteiger partial charge in [0.2, 0.25) is 0 Å². The molecule has 1 atom stereocenters. The number of hydrogen-bond donors (Lipinski definition) is 1. The fourth-order valence-corrected chi connectivity index (χ4v) is 3.17. The van der Waals surface area contributed by atoms with Crippen LogP contribution in [0.5, 0.6) is 0 Å². The second-order valence-electron chi connectivity index (χ2n) is 5.68. The van der Waals surface area contributed by atoms with E-state index in [9.17, 15) is 0 Å². The molecule has 2 rings (SSSR count). The van der Waals surface area contributed by atoms with Crippen molar-refractivity contribution in [2.24, 2.45) is 0 Å². The van der Waals surface area contributed by atoms with E-state index >= 15 is 0 Å². The van der Waals surface area contributed by atoms with Gasteiger partial charge in [0.25, 0.3) is 0 Å². The standard InChI is InChI=1S/C17H28N2/c1-4-19(16-8-6-5-7-9-16)17-12-10-15(11-13-17)14(2)18-3/h10-14,16,18H,4-9H2,1-3H3. The molecule has 106 valence electrons. The van der Waals surface area contributed by atoms with E-state index in [1.165, 1.54) is 43.4 Å². The third-order valence-electron chi connectivity index (χ3n) is 4.51. The fourth-order valence-electron chi connectivity index (χ4n) is 3.17. The molecule has 1 fully saturated rings. The topological polar surface area (TPSA) is 15.3 Å². The van der Waals surface area contributed by atoms with Gasteiger partial charge in [-0.05, 0) is 51.4 Å². The van der Waals surface area contributed by atoms with Crippen LogP contribution in [0.15, 0.2) is 24.3 Å². The molecule has 1 N–H and O–H groups in total. The van der Waals surface area contributed by atoms with Crippen molar-refractivity contribution < 1.29 is 0 Å². The predicted molar refractivity (Wildman–Crippen MR) is 83.8 cm³/mol. The van der Waals surface area contributed by atoms with Gasteiger partial charge in [-0.2, -0.15) is 0 Å². The van der Waals surface area contributed by atoms with Crippen LogP contribution in [0.4, 0.5) is 5.69 Å². The summed E-state index contributed by atoms with van der Waals surface area (Å²) in [5.41, 5.74) is 2.76. The van der Waals surface area contributed by atoms with Gasteiger partial charge in [-0.3, -0.25) is 0 Å². The Morgan fingerprint density at radius 2 is 1.79 bits per heavy atom. The summed E-state index contributed by atoms with van der Waals surface area (Å²) in [6.07, 6.45) is 6.95. The lowest BCUT2D eigenvalue weighted by Crippen LogP contribution is -2.36. The monoisotopic (exact) mass is 260 g/mol.